The summed E-state index contributed by atoms with van der Waals surface area (Å²) in [4.78, 5) is 24.1. The lowest BCUT2D eigenvalue weighted by molar-refractivity contribution is -0.123. The second-order valence-electron chi connectivity index (χ2n) is 4.78. The number of esters is 1. The van der Waals surface area contributed by atoms with Gasteiger partial charge in [-0.2, -0.15) is 0 Å². The van der Waals surface area contributed by atoms with E-state index in [1.165, 1.54) is 25.1 Å². The molecule has 2 aromatic carbocycles. The fraction of sp³-hybridized carbons (Fsp3) is 0.125. The maximum Gasteiger partial charge on any atom is 0.341 e. The summed E-state index contributed by atoms with van der Waals surface area (Å²) >= 11 is 11.6. The van der Waals surface area contributed by atoms with E-state index >= 15 is 0 Å². The number of hydrogen-bond acceptors (Lipinski definition) is 4. The number of nitrogen functional groups attached to an aromatic ring is 1. The quantitative estimate of drug-likeness (QED) is 0.648. The van der Waals surface area contributed by atoms with Crippen LogP contribution >= 0.6 is 23.2 Å². The SMILES string of the molecule is C[C@H](OC(=O)c1ccc(Cl)cc1N)C(=O)Nc1cccc(Cl)c1. The monoisotopic (exact) mass is 352 g/mol. The Labute approximate surface area is 143 Å². The number of hydrogen-bond donors (Lipinski definition) is 2. The molecule has 120 valence electrons. The van der Waals surface area contributed by atoms with Crippen LogP contribution < -0.4 is 11.1 Å². The first-order chi connectivity index (χ1) is 10.9. The van der Waals surface area contributed by atoms with Crippen molar-refractivity contribution in [3.8, 4) is 0 Å². The van der Waals surface area contributed by atoms with Gasteiger partial charge in [-0.15, -0.1) is 0 Å². The fourth-order valence-corrected chi connectivity index (χ4v) is 2.18. The molecule has 7 heteroatoms. The van der Waals surface area contributed by atoms with E-state index in [0.29, 0.717) is 15.7 Å². The fourth-order valence-electron chi connectivity index (χ4n) is 1.81. The molecule has 0 aliphatic rings. The number of halogens is 2. The minimum Gasteiger partial charge on any atom is -0.449 e. The van der Waals surface area contributed by atoms with E-state index in [1.807, 2.05) is 0 Å². The largest absolute Gasteiger partial charge is 0.449 e. The normalized spacial score (nSPS) is 11.6. The Bertz CT molecular complexity index is 750. The molecule has 0 bridgehead atoms. The molecule has 1 atom stereocenters. The van der Waals surface area contributed by atoms with Crippen molar-refractivity contribution in [2.24, 2.45) is 0 Å². The maximum atomic E-state index is 12.1. The molecule has 23 heavy (non-hydrogen) atoms. The van der Waals surface area contributed by atoms with Gasteiger partial charge in [0.05, 0.1) is 5.56 Å². The summed E-state index contributed by atoms with van der Waals surface area (Å²) < 4.78 is 5.11. The van der Waals surface area contributed by atoms with Crippen LogP contribution in [-0.4, -0.2) is 18.0 Å². The third-order valence-corrected chi connectivity index (χ3v) is 3.45. The van der Waals surface area contributed by atoms with E-state index in [4.69, 9.17) is 33.7 Å². The maximum absolute atomic E-state index is 12.1. The molecule has 3 N–H and O–H groups in total. The minimum absolute atomic E-state index is 0.150. The molecule has 0 aliphatic heterocycles. The molecular formula is C16H14Cl2N2O3. The van der Waals surface area contributed by atoms with Crippen molar-refractivity contribution in [1.29, 1.82) is 0 Å². The standard InChI is InChI=1S/C16H14Cl2N2O3/c1-9(15(21)20-12-4-2-3-10(17)7-12)23-16(22)13-6-5-11(18)8-14(13)19/h2-9H,19H2,1H3,(H,20,21)/t9-/m0/s1. The number of nitrogens with two attached hydrogens (primary N) is 1. The molecule has 1 amide bonds. The Balaban J connectivity index is 2.01. The molecule has 0 radical (unpaired) electrons. The Kier molecular flexibility index (Phi) is 5.47. The molecule has 0 fully saturated rings. The number of nitrogens with one attached hydrogen (secondary N) is 1. The highest BCUT2D eigenvalue weighted by atomic mass is 35.5. The Morgan fingerprint density at radius 2 is 1.83 bits per heavy atom. The van der Waals surface area contributed by atoms with Crippen molar-refractivity contribution in [2.45, 2.75) is 13.0 Å². The van der Waals surface area contributed by atoms with Gasteiger partial charge in [0.2, 0.25) is 0 Å². The lowest BCUT2D eigenvalue weighted by Gasteiger charge is -2.14. The van der Waals surface area contributed by atoms with Crippen molar-refractivity contribution in [3.05, 3.63) is 58.1 Å². The smallest absolute Gasteiger partial charge is 0.341 e. The lowest BCUT2D eigenvalue weighted by Crippen LogP contribution is -2.30. The third kappa shape index (κ3) is 4.61. The molecular weight excluding hydrogens is 339 g/mol. The van der Waals surface area contributed by atoms with Gasteiger partial charge in [-0.3, -0.25) is 4.79 Å². The Hall–Kier alpha value is -2.24. The molecule has 0 saturated heterocycles. The number of ether oxygens (including phenoxy) is 1. The molecule has 5 nitrogen and oxygen atoms in total. The van der Waals surface area contributed by atoms with Crippen molar-refractivity contribution in [3.63, 3.8) is 0 Å². The Morgan fingerprint density at radius 3 is 2.48 bits per heavy atom. The molecule has 0 aliphatic carbocycles. The van der Waals surface area contributed by atoms with Gasteiger partial charge in [0.1, 0.15) is 0 Å². The molecule has 0 saturated carbocycles. The van der Waals surface area contributed by atoms with Crippen LogP contribution in [0.3, 0.4) is 0 Å². The second kappa shape index (κ2) is 7.35. The van der Waals surface area contributed by atoms with Gasteiger partial charge >= 0.3 is 5.97 Å². The molecule has 2 rings (SSSR count). The predicted molar refractivity (Wildman–Crippen MR) is 90.8 cm³/mol. The van der Waals surface area contributed by atoms with Crippen LogP contribution in [0.2, 0.25) is 10.0 Å². The van der Waals surface area contributed by atoms with Crippen LogP contribution in [-0.2, 0) is 9.53 Å². The van der Waals surface area contributed by atoms with Crippen LogP contribution in [0.5, 0.6) is 0 Å². The number of amides is 1. The lowest BCUT2D eigenvalue weighted by atomic mass is 10.2. The van der Waals surface area contributed by atoms with E-state index in [-0.39, 0.29) is 11.3 Å². The third-order valence-electron chi connectivity index (χ3n) is 2.98. The van der Waals surface area contributed by atoms with Crippen LogP contribution in [0.25, 0.3) is 0 Å². The summed E-state index contributed by atoms with van der Waals surface area (Å²) in [7, 11) is 0. The highest BCUT2D eigenvalue weighted by Crippen LogP contribution is 2.20. The van der Waals surface area contributed by atoms with Crippen LogP contribution in [0.1, 0.15) is 17.3 Å². The average Bonchev–Trinajstić information content (AvgIpc) is 2.46. The van der Waals surface area contributed by atoms with Crippen molar-refractivity contribution in [1.82, 2.24) is 0 Å². The number of carbonyl (C=O) groups is 2. The van der Waals surface area contributed by atoms with Gasteiger partial charge in [-0.25, -0.2) is 4.79 Å². The summed E-state index contributed by atoms with van der Waals surface area (Å²) in [5.41, 5.74) is 6.56. The topological polar surface area (TPSA) is 81.4 Å². The highest BCUT2D eigenvalue weighted by Gasteiger charge is 2.20. The van der Waals surface area contributed by atoms with Crippen LogP contribution in [0.4, 0.5) is 11.4 Å². The first kappa shape index (κ1) is 17.1. The van der Waals surface area contributed by atoms with E-state index in [2.05, 4.69) is 5.32 Å². The van der Waals surface area contributed by atoms with Gasteiger partial charge in [0.25, 0.3) is 5.91 Å². The van der Waals surface area contributed by atoms with Gasteiger partial charge in [0, 0.05) is 21.4 Å². The zero-order valence-electron chi connectivity index (χ0n) is 12.2. The van der Waals surface area contributed by atoms with Crippen molar-refractivity contribution < 1.29 is 14.3 Å². The van der Waals surface area contributed by atoms with Crippen molar-refractivity contribution in [2.75, 3.05) is 11.1 Å². The highest BCUT2D eigenvalue weighted by molar-refractivity contribution is 6.31. The number of rotatable bonds is 4. The summed E-state index contributed by atoms with van der Waals surface area (Å²) in [6, 6.07) is 11.1. The first-order valence-corrected chi connectivity index (χ1v) is 7.45. The second-order valence-corrected chi connectivity index (χ2v) is 5.65. The van der Waals surface area contributed by atoms with Gasteiger partial charge < -0.3 is 15.8 Å². The van der Waals surface area contributed by atoms with E-state index < -0.39 is 18.0 Å². The molecule has 0 spiro atoms. The Morgan fingerprint density at radius 1 is 1.13 bits per heavy atom. The number of carbonyl (C=O) groups excluding carboxylic acids is 2. The van der Waals surface area contributed by atoms with Gasteiger partial charge in [-0.05, 0) is 43.3 Å². The zero-order chi connectivity index (χ0) is 17.0. The predicted octanol–water partition coefficient (Wildman–Crippen LogP) is 3.76. The zero-order valence-corrected chi connectivity index (χ0v) is 13.7. The molecule has 0 unspecified atom stereocenters. The summed E-state index contributed by atoms with van der Waals surface area (Å²) in [5, 5.41) is 3.51. The molecule has 0 aromatic heterocycles. The van der Waals surface area contributed by atoms with Crippen LogP contribution in [0.15, 0.2) is 42.5 Å². The molecule has 2 aromatic rings. The number of anilines is 2. The minimum atomic E-state index is -1.00. The van der Waals surface area contributed by atoms with Gasteiger partial charge in [-0.1, -0.05) is 29.3 Å². The summed E-state index contributed by atoms with van der Waals surface area (Å²) in [5.74, 6) is -1.18. The van der Waals surface area contributed by atoms with Crippen molar-refractivity contribution >= 4 is 46.5 Å². The van der Waals surface area contributed by atoms with E-state index in [9.17, 15) is 9.59 Å². The number of benzene rings is 2. The average molecular weight is 353 g/mol. The summed E-state index contributed by atoms with van der Waals surface area (Å²) in [6.45, 7) is 1.46. The summed E-state index contributed by atoms with van der Waals surface area (Å²) in [6.07, 6.45) is -1.00. The van der Waals surface area contributed by atoms with E-state index in [1.54, 1.807) is 24.3 Å². The van der Waals surface area contributed by atoms with E-state index in [0.717, 1.165) is 0 Å². The van der Waals surface area contributed by atoms with Crippen LogP contribution in [0, 0.1) is 0 Å². The van der Waals surface area contributed by atoms with Gasteiger partial charge in [0.15, 0.2) is 6.10 Å². The molecule has 0 heterocycles. The first-order valence-electron chi connectivity index (χ1n) is 6.69.